The first-order valence-corrected chi connectivity index (χ1v) is 5.86. The van der Waals surface area contributed by atoms with E-state index in [0.717, 1.165) is 4.68 Å². The minimum absolute atomic E-state index is 0.215. The molecule has 0 radical (unpaired) electrons. The van der Waals surface area contributed by atoms with Gasteiger partial charge in [0.05, 0.1) is 0 Å². The molecule has 0 bridgehead atoms. The van der Waals surface area contributed by atoms with Gasteiger partial charge in [0.1, 0.15) is 11.3 Å². The van der Waals surface area contributed by atoms with E-state index >= 15 is 0 Å². The zero-order valence-electron chi connectivity index (χ0n) is 10.3. The number of hydrogen-bond donors (Lipinski definition) is 1. The van der Waals surface area contributed by atoms with Crippen LogP contribution in [-0.2, 0) is 7.05 Å². The predicted molar refractivity (Wildman–Crippen MR) is 70.8 cm³/mol. The predicted octanol–water partition coefficient (Wildman–Crippen LogP) is 1.68. The second-order valence-electron chi connectivity index (χ2n) is 4.08. The third kappa shape index (κ3) is 2.37. The van der Waals surface area contributed by atoms with Crippen LogP contribution in [0.2, 0.25) is 5.02 Å². The maximum Gasteiger partial charge on any atom is 0.281 e. The lowest BCUT2D eigenvalue weighted by Gasteiger charge is -2.07. The van der Waals surface area contributed by atoms with Gasteiger partial charge >= 0.3 is 0 Å². The molecule has 0 saturated heterocycles. The number of benzene rings is 1. The van der Waals surface area contributed by atoms with Crippen LogP contribution in [0.1, 0.15) is 21.6 Å². The van der Waals surface area contributed by atoms with Crippen molar-refractivity contribution in [3.63, 3.8) is 0 Å². The largest absolute Gasteiger partial charge is 0.505 e. The topological polar surface area (TPSA) is 72.2 Å². The number of carbonyl (C=O) groups excluding carboxylic acids is 1. The highest BCUT2D eigenvalue weighted by Gasteiger charge is 2.21. The van der Waals surface area contributed by atoms with Crippen LogP contribution in [0.5, 0.6) is 5.75 Å². The first-order chi connectivity index (χ1) is 8.91. The van der Waals surface area contributed by atoms with Crippen LogP contribution in [0.25, 0.3) is 0 Å². The lowest BCUT2D eigenvalue weighted by molar-refractivity contribution is 0.103. The molecule has 0 aliphatic heterocycles. The first kappa shape index (κ1) is 13.3. The molecular weight excluding hydrogens is 268 g/mol. The van der Waals surface area contributed by atoms with Crippen LogP contribution in [-0.4, -0.2) is 20.7 Å². The second kappa shape index (κ2) is 4.85. The molecule has 1 heterocycles. The van der Waals surface area contributed by atoms with E-state index in [2.05, 4.69) is 5.10 Å². The fourth-order valence-corrected chi connectivity index (χ4v) is 1.93. The van der Waals surface area contributed by atoms with Gasteiger partial charge in [-0.3, -0.25) is 9.59 Å². The maximum atomic E-state index is 12.3. The molecule has 2 aromatic rings. The van der Waals surface area contributed by atoms with Crippen LogP contribution < -0.4 is 5.56 Å². The van der Waals surface area contributed by atoms with Gasteiger partial charge in [0, 0.05) is 17.6 Å². The average Bonchev–Trinajstić information content (AvgIpc) is 2.36. The van der Waals surface area contributed by atoms with E-state index in [1.54, 1.807) is 12.1 Å². The van der Waals surface area contributed by atoms with Crippen LogP contribution in [0, 0.1) is 6.92 Å². The quantitative estimate of drug-likeness (QED) is 0.849. The van der Waals surface area contributed by atoms with E-state index in [1.807, 2.05) is 0 Å². The van der Waals surface area contributed by atoms with E-state index in [-0.39, 0.29) is 16.8 Å². The Morgan fingerprint density at radius 1 is 1.42 bits per heavy atom. The van der Waals surface area contributed by atoms with Gasteiger partial charge in [0.2, 0.25) is 5.78 Å². The van der Waals surface area contributed by atoms with Crippen molar-refractivity contribution in [1.29, 1.82) is 0 Å². The first-order valence-electron chi connectivity index (χ1n) is 5.49. The summed E-state index contributed by atoms with van der Waals surface area (Å²) in [5.74, 6) is -0.973. The Morgan fingerprint density at radius 2 is 2.11 bits per heavy atom. The van der Waals surface area contributed by atoms with Crippen molar-refractivity contribution in [2.45, 2.75) is 6.92 Å². The van der Waals surface area contributed by atoms with Gasteiger partial charge in [0.25, 0.3) is 5.56 Å². The maximum absolute atomic E-state index is 12.3. The molecule has 98 valence electrons. The van der Waals surface area contributed by atoms with E-state index < -0.39 is 17.1 Å². The molecule has 2 rings (SSSR count). The Morgan fingerprint density at radius 3 is 2.74 bits per heavy atom. The Kier molecular flexibility index (Phi) is 3.40. The van der Waals surface area contributed by atoms with E-state index in [4.69, 9.17) is 11.6 Å². The van der Waals surface area contributed by atoms with Gasteiger partial charge in [-0.1, -0.05) is 23.7 Å². The molecule has 5 nitrogen and oxygen atoms in total. The number of rotatable bonds is 2. The molecule has 1 aromatic carbocycles. The van der Waals surface area contributed by atoms with Crippen molar-refractivity contribution in [2.24, 2.45) is 7.05 Å². The molecular formula is C13H11ClN2O3. The standard InChI is InChI=1S/C13H11ClN2O3/c1-7-11(17)10(13(19)16(2)15-7)12(18)8-4-3-5-9(14)6-8/h3-6,17H,1-2H3. The highest BCUT2D eigenvalue weighted by molar-refractivity contribution is 6.31. The van der Waals surface area contributed by atoms with E-state index in [1.165, 1.54) is 26.1 Å². The van der Waals surface area contributed by atoms with E-state index in [0.29, 0.717) is 5.02 Å². The molecule has 0 unspecified atom stereocenters. The SMILES string of the molecule is Cc1nn(C)c(=O)c(C(=O)c2cccc(Cl)c2)c1O. The van der Waals surface area contributed by atoms with Crippen molar-refractivity contribution >= 4 is 17.4 Å². The summed E-state index contributed by atoms with van der Waals surface area (Å²) in [6, 6.07) is 6.20. The molecule has 0 aliphatic rings. The van der Waals surface area contributed by atoms with Gasteiger partial charge in [-0.05, 0) is 19.1 Å². The molecule has 1 aromatic heterocycles. The van der Waals surface area contributed by atoms with Gasteiger partial charge in [-0.15, -0.1) is 0 Å². The summed E-state index contributed by atoms with van der Waals surface area (Å²) in [6.45, 7) is 1.52. The molecule has 0 amide bonds. The normalized spacial score (nSPS) is 10.5. The Hall–Kier alpha value is -2.14. The number of hydrogen-bond acceptors (Lipinski definition) is 4. The molecule has 0 atom stereocenters. The molecule has 19 heavy (non-hydrogen) atoms. The Balaban J connectivity index is 2.66. The summed E-state index contributed by atoms with van der Waals surface area (Å²) in [5, 5.41) is 14.1. The number of aryl methyl sites for hydroxylation is 2. The monoisotopic (exact) mass is 278 g/mol. The van der Waals surface area contributed by atoms with Gasteiger partial charge in [-0.2, -0.15) is 5.10 Å². The van der Waals surface area contributed by atoms with Crippen LogP contribution in [0.4, 0.5) is 0 Å². The summed E-state index contributed by atoms with van der Waals surface area (Å²) < 4.78 is 1.02. The third-order valence-electron chi connectivity index (χ3n) is 2.70. The molecule has 0 spiro atoms. The number of aromatic hydroxyl groups is 1. The van der Waals surface area contributed by atoms with Crippen LogP contribution in [0.3, 0.4) is 0 Å². The van der Waals surface area contributed by atoms with Crippen molar-refractivity contribution in [2.75, 3.05) is 0 Å². The average molecular weight is 279 g/mol. The van der Waals surface area contributed by atoms with Crippen molar-refractivity contribution < 1.29 is 9.90 Å². The molecule has 1 N–H and O–H groups in total. The van der Waals surface area contributed by atoms with E-state index in [9.17, 15) is 14.7 Å². The summed E-state index contributed by atoms with van der Waals surface area (Å²) in [4.78, 5) is 24.2. The highest BCUT2D eigenvalue weighted by atomic mass is 35.5. The van der Waals surface area contributed by atoms with Crippen LogP contribution >= 0.6 is 11.6 Å². The lowest BCUT2D eigenvalue weighted by Crippen LogP contribution is -2.27. The van der Waals surface area contributed by atoms with Gasteiger partial charge < -0.3 is 5.11 Å². The van der Waals surface area contributed by atoms with Crippen molar-refractivity contribution in [3.8, 4) is 5.75 Å². The summed E-state index contributed by atoms with van der Waals surface area (Å²) >= 11 is 5.81. The Labute approximate surface area is 114 Å². The summed E-state index contributed by atoms with van der Waals surface area (Å²) in [5.41, 5.74) is -0.483. The van der Waals surface area contributed by atoms with Crippen molar-refractivity contribution in [3.05, 3.63) is 56.5 Å². The molecule has 0 fully saturated rings. The molecule has 0 aliphatic carbocycles. The molecule has 6 heteroatoms. The minimum Gasteiger partial charge on any atom is -0.505 e. The summed E-state index contributed by atoms with van der Waals surface area (Å²) in [7, 11) is 1.42. The third-order valence-corrected chi connectivity index (χ3v) is 2.94. The van der Waals surface area contributed by atoms with Gasteiger partial charge in [0.15, 0.2) is 5.75 Å². The number of carbonyl (C=O) groups is 1. The van der Waals surface area contributed by atoms with Gasteiger partial charge in [-0.25, -0.2) is 4.68 Å². The zero-order chi connectivity index (χ0) is 14.2. The highest BCUT2D eigenvalue weighted by Crippen LogP contribution is 2.20. The number of nitrogens with zero attached hydrogens (tertiary/aromatic N) is 2. The summed E-state index contributed by atoms with van der Waals surface area (Å²) in [6.07, 6.45) is 0. The molecule has 0 saturated carbocycles. The Bertz CT molecular complexity index is 722. The number of ketones is 1. The lowest BCUT2D eigenvalue weighted by atomic mass is 10.0. The fraction of sp³-hybridized carbons (Fsp3) is 0.154. The zero-order valence-corrected chi connectivity index (χ0v) is 11.1. The number of aromatic nitrogens is 2. The fourth-order valence-electron chi connectivity index (χ4n) is 1.74. The van der Waals surface area contributed by atoms with Crippen LogP contribution in [0.15, 0.2) is 29.1 Å². The van der Waals surface area contributed by atoms with Crippen molar-refractivity contribution in [1.82, 2.24) is 9.78 Å². The smallest absolute Gasteiger partial charge is 0.281 e. The number of halogens is 1. The minimum atomic E-state index is -0.645. The second-order valence-corrected chi connectivity index (χ2v) is 4.51.